The molecule has 0 saturated carbocycles. The van der Waals surface area contributed by atoms with Crippen molar-refractivity contribution in [3.63, 3.8) is 0 Å². The van der Waals surface area contributed by atoms with Crippen LogP contribution in [0.4, 0.5) is 10.2 Å². The van der Waals surface area contributed by atoms with E-state index in [1.54, 1.807) is 19.1 Å². The molecule has 0 aliphatic heterocycles. The van der Waals surface area contributed by atoms with Crippen molar-refractivity contribution in [3.05, 3.63) is 52.3 Å². The molecule has 0 unspecified atom stereocenters. The van der Waals surface area contributed by atoms with Gasteiger partial charge in [0.25, 0.3) is 5.56 Å². The molecule has 0 fully saturated rings. The highest BCUT2D eigenvalue weighted by Crippen LogP contribution is 2.30. The highest BCUT2D eigenvalue weighted by atomic mass is 19.1. The van der Waals surface area contributed by atoms with Crippen LogP contribution >= 0.6 is 0 Å². The molecule has 1 amide bonds. The van der Waals surface area contributed by atoms with Crippen LogP contribution in [0.25, 0.3) is 21.8 Å². The molecule has 0 atom stereocenters. The summed E-state index contributed by atoms with van der Waals surface area (Å²) in [7, 11) is 2.95. The molecule has 30 heavy (non-hydrogen) atoms. The van der Waals surface area contributed by atoms with Crippen molar-refractivity contribution in [2.75, 3.05) is 19.5 Å². The highest BCUT2D eigenvalue weighted by Gasteiger charge is 2.17. The zero-order valence-corrected chi connectivity index (χ0v) is 16.4. The predicted octanol–water partition coefficient (Wildman–Crippen LogP) is 2.38. The van der Waals surface area contributed by atoms with Crippen LogP contribution < -0.4 is 20.3 Å². The summed E-state index contributed by atoms with van der Waals surface area (Å²) in [5.74, 6) is 0.158. The molecule has 0 aliphatic carbocycles. The summed E-state index contributed by atoms with van der Waals surface area (Å²) in [4.78, 5) is 30.0. The lowest BCUT2D eigenvalue weighted by Crippen LogP contribution is -2.30. The smallest absolute Gasteiger partial charge is 0.262 e. The van der Waals surface area contributed by atoms with E-state index in [0.29, 0.717) is 28.4 Å². The first-order valence-corrected chi connectivity index (χ1v) is 8.98. The van der Waals surface area contributed by atoms with E-state index in [2.05, 4.69) is 20.5 Å². The van der Waals surface area contributed by atoms with Gasteiger partial charge in [0, 0.05) is 6.07 Å². The number of carbonyl (C=O) groups excluding carboxylic acids is 1. The number of carbonyl (C=O) groups is 1. The lowest BCUT2D eigenvalue weighted by molar-refractivity contribution is -0.116. The number of hydrogen-bond donors (Lipinski definition) is 2. The largest absolute Gasteiger partial charge is 0.493 e. The van der Waals surface area contributed by atoms with Crippen LogP contribution in [0.2, 0.25) is 0 Å². The Bertz CT molecular complexity index is 1340. The number of rotatable bonds is 5. The Kier molecular flexibility index (Phi) is 4.82. The first-order valence-electron chi connectivity index (χ1n) is 8.98. The summed E-state index contributed by atoms with van der Waals surface area (Å²) < 4.78 is 25.8. The molecule has 2 N–H and O–H groups in total. The fraction of sp³-hybridized carbons (Fsp3) is 0.200. The minimum atomic E-state index is -0.543. The van der Waals surface area contributed by atoms with Gasteiger partial charge in [-0.25, -0.2) is 9.37 Å². The number of benzene rings is 2. The third-order valence-corrected chi connectivity index (χ3v) is 4.75. The standard InChI is InChI=1S/C20H18FN5O4/c1-10-22-14-8-16(30-3)15(29-2)7-11(14)20(28)26(10)9-17(27)23-19-18-12(21)5-4-6-13(18)24-25-19/h4-8H,9H2,1-3H3,(H2,23,24,25,27). The number of aromatic amines is 1. The maximum atomic E-state index is 14.1. The van der Waals surface area contributed by atoms with Gasteiger partial charge in [0.1, 0.15) is 18.2 Å². The number of methoxy groups -OCH3 is 2. The number of nitrogens with zero attached hydrogens (tertiary/aromatic N) is 3. The Morgan fingerprint density at radius 2 is 1.97 bits per heavy atom. The van der Waals surface area contributed by atoms with E-state index in [-0.39, 0.29) is 23.1 Å². The second kappa shape index (κ2) is 7.47. The number of halogens is 1. The number of amides is 1. The topological polar surface area (TPSA) is 111 Å². The zero-order chi connectivity index (χ0) is 21.4. The summed E-state index contributed by atoms with van der Waals surface area (Å²) in [6, 6.07) is 7.58. The van der Waals surface area contributed by atoms with Crippen molar-refractivity contribution >= 4 is 33.5 Å². The Hall–Kier alpha value is -3.95. The van der Waals surface area contributed by atoms with Crippen LogP contribution in [-0.4, -0.2) is 39.9 Å². The summed E-state index contributed by atoms with van der Waals surface area (Å²) in [6.45, 7) is 1.30. The van der Waals surface area contributed by atoms with E-state index in [4.69, 9.17) is 9.47 Å². The molecular weight excluding hydrogens is 393 g/mol. The maximum absolute atomic E-state index is 14.1. The van der Waals surface area contributed by atoms with Crippen molar-refractivity contribution in [3.8, 4) is 11.5 Å². The van der Waals surface area contributed by atoms with E-state index in [1.165, 1.54) is 37.0 Å². The van der Waals surface area contributed by atoms with Gasteiger partial charge in [0.15, 0.2) is 17.3 Å². The van der Waals surface area contributed by atoms with E-state index >= 15 is 0 Å². The number of anilines is 1. The Morgan fingerprint density at radius 1 is 1.23 bits per heavy atom. The molecular formula is C20H18FN5O4. The monoisotopic (exact) mass is 411 g/mol. The fourth-order valence-corrected chi connectivity index (χ4v) is 3.28. The second-order valence-corrected chi connectivity index (χ2v) is 6.56. The van der Waals surface area contributed by atoms with Crippen molar-refractivity contribution in [2.24, 2.45) is 0 Å². The Labute approximate surface area is 169 Å². The van der Waals surface area contributed by atoms with Crippen LogP contribution in [-0.2, 0) is 11.3 Å². The van der Waals surface area contributed by atoms with Gasteiger partial charge in [0.2, 0.25) is 5.91 Å². The number of hydrogen-bond acceptors (Lipinski definition) is 6. The molecule has 0 bridgehead atoms. The average molecular weight is 411 g/mol. The lowest BCUT2D eigenvalue weighted by Gasteiger charge is -2.13. The van der Waals surface area contributed by atoms with Crippen molar-refractivity contribution in [1.29, 1.82) is 0 Å². The first-order chi connectivity index (χ1) is 14.4. The molecule has 10 heteroatoms. The van der Waals surface area contributed by atoms with E-state index < -0.39 is 17.3 Å². The maximum Gasteiger partial charge on any atom is 0.262 e. The molecule has 2 heterocycles. The zero-order valence-electron chi connectivity index (χ0n) is 16.4. The van der Waals surface area contributed by atoms with Gasteiger partial charge in [-0.1, -0.05) is 6.07 Å². The summed E-state index contributed by atoms with van der Waals surface area (Å²) in [5.41, 5.74) is 0.464. The fourth-order valence-electron chi connectivity index (χ4n) is 3.28. The van der Waals surface area contributed by atoms with Gasteiger partial charge in [0.05, 0.1) is 36.0 Å². The normalized spacial score (nSPS) is 11.1. The molecule has 4 rings (SSSR count). The summed E-state index contributed by atoms with van der Waals surface area (Å²) >= 11 is 0. The minimum absolute atomic E-state index is 0.0546. The lowest BCUT2D eigenvalue weighted by atomic mass is 10.2. The van der Waals surface area contributed by atoms with Gasteiger partial charge in [-0.15, -0.1) is 0 Å². The molecule has 0 aliphatic rings. The molecule has 0 radical (unpaired) electrons. The number of H-pyrrole nitrogens is 1. The Morgan fingerprint density at radius 3 is 2.70 bits per heavy atom. The molecule has 4 aromatic rings. The average Bonchev–Trinajstić information content (AvgIpc) is 3.14. The minimum Gasteiger partial charge on any atom is -0.493 e. The van der Waals surface area contributed by atoms with E-state index in [0.717, 1.165) is 0 Å². The first kappa shape index (κ1) is 19.4. The van der Waals surface area contributed by atoms with Crippen LogP contribution in [0.3, 0.4) is 0 Å². The van der Waals surface area contributed by atoms with E-state index in [9.17, 15) is 14.0 Å². The summed E-state index contributed by atoms with van der Waals surface area (Å²) in [5, 5.41) is 9.59. The third kappa shape index (κ3) is 3.21. The van der Waals surface area contributed by atoms with Crippen LogP contribution in [0.1, 0.15) is 5.82 Å². The van der Waals surface area contributed by atoms with Crippen LogP contribution in [0.5, 0.6) is 11.5 Å². The van der Waals surface area contributed by atoms with E-state index in [1.807, 2.05) is 0 Å². The second-order valence-electron chi connectivity index (χ2n) is 6.56. The van der Waals surface area contributed by atoms with Gasteiger partial charge >= 0.3 is 0 Å². The number of aromatic nitrogens is 4. The number of nitrogens with one attached hydrogen (secondary N) is 2. The van der Waals surface area contributed by atoms with Crippen molar-refractivity contribution < 1.29 is 18.7 Å². The predicted molar refractivity (Wildman–Crippen MR) is 109 cm³/mol. The number of ether oxygens (including phenoxy) is 2. The van der Waals surface area contributed by atoms with Gasteiger partial charge < -0.3 is 14.8 Å². The molecule has 2 aromatic heterocycles. The van der Waals surface area contributed by atoms with Crippen molar-refractivity contribution in [2.45, 2.75) is 13.5 Å². The number of aryl methyl sites for hydroxylation is 1. The summed E-state index contributed by atoms with van der Waals surface area (Å²) in [6.07, 6.45) is 0. The van der Waals surface area contributed by atoms with Gasteiger partial charge in [-0.05, 0) is 25.1 Å². The highest BCUT2D eigenvalue weighted by molar-refractivity contribution is 5.99. The van der Waals surface area contributed by atoms with Crippen LogP contribution in [0, 0.1) is 12.7 Å². The third-order valence-electron chi connectivity index (χ3n) is 4.75. The quantitative estimate of drug-likeness (QED) is 0.522. The van der Waals surface area contributed by atoms with Gasteiger partial charge in [-0.2, -0.15) is 5.10 Å². The number of fused-ring (bicyclic) bond motifs is 2. The molecule has 9 nitrogen and oxygen atoms in total. The van der Waals surface area contributed by atoms with Crippen molar-refractivity contribution in [1.82, 2.24) is 19.7 Å². The molecule has 0 spiro atoms. The van der Waals surface area contributed by atoms with Gasteiger partial charge in [-0.3, -0.25) is 19.3 Å². The SMILES string of the molecule is COc1cc2nc(C)n(CC(=O)Nc3n[nH]c4cccc(F)c34)c(=O)c2cc1OC. The Balaban J connectivity index is 1.69. The molecule has 154 valence electrons. The molecule has 0 saturated heterocycles. The van der Waals surface area contributed by atoms with Crippen LogP contribution in [0.15, 0.2) is 35.1 Å². The molecule has 2 aromatic carbocycles.